The smallest absolute Gasteiger partial charge is 0.407 e. The van der Waals surface area contributed by atoms with E-state index in [1.165, 1.54) is 19.9 Å². The molecule has 3 saturated heterocycles. The zero-order chi connectivity index (χ0) is 49.9. The van der Waals surface area contributed by atoms with Crippen molar-refractivity contribution in [3.8, 4) is 0 Å². The lowest BCUT2D eigenvalue weighted by atomic mass is 9.49. The Hall–Kier alpha value is -4.79. The van der Waals surface area contributed by atoms with Crippen LogP contribution in [0.25, 0.3) is 0 Å². The zero-order valence-corrected chi connectivity index (χ0v) is 40.2. The molecule has 19 unspecified atom stereocenters. The largest absolute Gasteiger partial charge is 0.511 e. The number of nitrogens with zero attached hydrogens (tertiary/aromatic N) is 1. The Morgan fingerprint density at radius 1 is 0.956 bits per heavy atom. The SMILES string of the molecule is COC(=O)NC1C(C)OC(OC2C/C=C(\C)C3C=CC4C(OC5CC(O)C(OC(C)=O)C(C)O5)C(C)CC(C)C4C3(C)/C(O)=C3/C(=O)OC4(CC(C=O)=CC(O)C4/C=C/2C)C3=O)CC1(C)[N+](=O)[O-]. The Kier molecular flexibility index (Phi) is 14.4. The van der Waals surface area contributed by atoms with Crippen molar-refractivity contribution < 1.29 is 77.4 Å². The summed E-state index contributed by atoms with van der Waals surface area (Å²) in [4.78, 5) is 78.3. The van der Waals surface area contributed by atoms with Crippen molar-refractivity contribution in [3.05, 3.63) is 68.5 Å². The third-order valence-corrected chi connectivity index (χ3v) is 15.9. The summed E-state index contributed by atoms with van der Waals surface area (Å²) in [6, 6.07) is -1.10. The maximum atomic E-state index is 15.2. The van der Waals surface area contributed by atoms with Crippen LogP contribution in [0.15, 0.2) is 58.4 Å². The number of rotatable bonds is 8. The van der Waals surface area contributed by atoms with Gasteiger partial charge in [-0.15, -0.1) is 0 Å². The Morgan fingerprint density at radius 3 is 2.28 bits per heavy atom. The van der Waals surface area contributed by atoms with Crippen LogP contribution in [0.1, 0.15) is 94.4 Å². The standard InChI is InChI=1S/C49H66N2O17/c1-22-11-14-35(66-37-20-47(8,51(60)61)42(27(6)64-37)50-46(59)62-10)23(2)16-32-33(54)17-29(21-52)19-49(32)44(57)38(45(58)68-49)43(56)48(9)31(22)13-12-30-39(48)24(3)15-25(4)40(30)67-36-18-34(55)41(26(5)63-36)65-28(7)53/h11-13,16-17,21,24-27,30-37,39-42,54-56H,14-15,18-20H2,1-10H3,(H,50,59)/b22-11+,23-16+,43-38-. The average molecular weight is 955 g/mol. The van der Waals surface area contributed by atoms with Crippen LogP contribution in [0.3, 0.4) is 0 Å². The minimum Gasteiger partial charge on any atom is -0.511 e. The van der Waals surface area contributed by atoms with Gasteiger partial charge in [0.1, 0.15) is 23.7 Å². The number of methoxy groups -OCH3 is 1. The fourth-order valence-corrected chi connectivity index (χ4v) is 12.7. The molecule has 4 N–H and O–H groups in total. The Morgan fingerprint density at radius 2 is 1.65 bits per heavy atom. The number of carbonyl (C=O) groups excluding carboxylic acids is 5. The number of hydrogen-bond donors (Lipinski definition) is 4. The van der Waals surface area contributed by atoms with E-state index in [2.05, 4.69) is 5.32 Å². The summed E-state index contributed by atoms with van der Waals surface area (Å²) in [7, 11) is 1.15. The van der Waals surface area contributed by atoms with Gasteiger partial charge in [-0.05, 0) is 75.5 Å². The molecule has 0 aromatic carbocycles. The summed E-state index contributed by atoms with van der Waals surface area (Å²) in [5, 5.41) is 51.0. The molecule has 0 aromatic heterocycles. The predicted octanol–water partition coefficient (Wildman–Crippen LogP) is 4.66. The van der Waals surface area contributed by atoms with Crippen LogP contribution in [-0.2, 0) is 52.3 Å². The number of aldehydes is 1. The number of aliphatic hydroxyl groups is 3. The number of allylic oxidation sites excluding steroid dienone is 3. The van der Waals surface area contributed by atoms with Crippen molar-refractivity contribution in [2.75, 3.05) is 7.11 Å². The van der Waals surface area contributed by atoms with Crippen molar-refractivity contribution >= 4 is 30.1 Å². The second-order valence-electron chi connectivity index (χ2n) is 20.5. The molecule has 4 fully saturated rings. The molecule has 3 heterocycles. The Balaban J connectivity index is 1.33. The van der Waals surface area contributed by atoms with E-state index in [0.717, 1.165) is 12.7 Å². The normalized spacial score (nSPS) is 46.4. The number of alkyl carbamates (subject to hydrolysis) is 1. The van der Waals surface area contributed by atoms with Crippen molar-refractivity contribution in [1.82, 2.24) is 5.32 Å². The number of fused-ring (bicyclic) bond motifs is 4. The molecule has 1 spiro atoms. The number of ether oxygens (including phenoxy) is 7. The van der Waals surface area contributed by atoms with Crippen molar-refractivity contribution in [2.45, 2.75) is 167 Å². The van der Waals surface area contributed by atoms with Crippen LogP contribution in [0.4, 0.5) is 4.79 Å². The van der Waals surface area contributed by atoms with E-state index in [1.807, 2.05) is 45.9 Å². The molecule has 7 rings (SSSR count). The van der Waals surface area contributed by atoms with E-state index in [0.29, 0.717) is 18.3 Å². The summed E-state index contributed by atoms with van der Waals surface area (Å²) >= 11 is 0. The molecule has 1 amide bonds. The third kappa shape index (κ3) is 8.87. The number of esters is 2. The number of hydrogen-bond acceptors (Lipinski definition) is 17. The van der Waals surface area contributed by atoms with Crippen molar-refractivity contribution in [2.24, 2.45) is 40.9 Å². The van der Waals surface area contributed by atoms with E-state index in [4.69, 9.17) is 33.2 Å². The number of Topliss-reactive ketones (excluding diaryl/α,β-unsaturated/α-hetero) is 1. The van der Waals surface area contributed by atoms with Crippen LogP contribution in [-0.4, -0.2) is 130 Å². The van der Waals surface area contributed by atoms with Gasteiger partial charge in [0.25, 0.3) is 0 Å². The van der Waals surface area contributed by atoms with Gasteiger partial charge < -0.3 is 53.8 Å². The van der Waals surface area contributed by atoms with Crippen LogP contribution < -0.4 is 5.32 Å². The predicted molar refractivity (Wildman–Crippen MR) is 238 cm³/mol. The number of ketones is 1. The van der Waals surface area contributed by atoms with E-state index in [-0.39, 0.29) is 36.7 Å². The fourth-order valence-electron chi connectivity index (χ4n) is 12.7. The highest BCUT2D eigenvalue weighted by Crippen LogP contribution is 2.61. The Bertz CT molecular complexity index is 2210. The topological polar surface area (TPSA) is 266 Å². The van der Waals surface area contributed by atoms with Gasteiger partial charge in [0.05, 0.1) is 56.1 Å². The molecule has 2 bridgehead atoms. The first-order chi connectivity index (χ1) is 31.9. The van der Waals surface area contributed by atoms with Gasteiger partial charge in [-0.2, -0.15) is 0 Å². The number of nitro groups is 1. The van der Waals surface area contributed by atoms with Gasteiger partial charge in [0.2, 0.25) is 11.3 Å². The molecule has 19 heteroatoms. The second kappa shape index (κ2) is 19.2. The maximum Gasteiger partial charge on any atom is 0.407 e. The van der Waals surface area contributed by atoms with Crippen LogP contribution in [0.5, 0.6) is 0 Å². The number of aliphatic hydroxyl groups excluding tert-OH is 3. The molecule has 0 radical (unpaired) electrons. The van der Waals surface area contributed by atoms with E-state index in [1.54, 1.807) is 26.8 Å². The number of amides is 1. The summed E-state index contributed by atoms with van der Waals surface area (Å²) in [5.41, 5.74) is -4.72. The van der Waals surface area contributed by atoms with Crippen LogP contribution in [0.2, 0.25) is 0 Å². The van der Waals surface area contributed by atoms with Gasteiger partial charge >= 0.3 is 18.0 Å². The lowest BCUT2D eigenvalue weighted by molar-refractivity contribution is -0.584. The highest BCUT2D eigenvalue weighted by Gasteiger charge is 2.65. The van der Waals surface area contributed by atoms with Gasteiger partial charge in [-0.3, -0.25) is 24.5 Å². The quantitative estimate of drug-likeness (QED) is 0.0490. The molecular weight excluding hydrogens is 889 g/mol. The lowest BCUT2D eigenvalue weighted by Crippen LogP contribution is -2.65. The van der Waals surface area contributed by atoms with Crippen molar-refractivity contribution in [1.29, 1.82) is 0 Å². The summed E-state index contributed by atoms with van der Waals surface area (Å²) in [5.74, 6) is -6.13. The molecule has 68 heavy (non-hydrogen) atoms. The molecule has 19 nitrogen and oxygen atoms in total. The molecule has 4 aliphatic carbocycles. The molecule has 7 aliphatic rings. The number of nitrogens with one attached hydrogen (secondary N) is 1. The van der Waals surface area contributed by atoms with Gasteiger partial charge in [-0.25, -0.2) is 9.59 Å². The first kappa shape index (κ1) is 51.1. The second-order valence-corrected chi connectivity index (χ2v) is 20.5. The lowest BCUT2D eigenvalue weighted by Gasteiger charge is -2.56. The van der Waals surface area contributed by atoms with E-state index >= 15 is 4.79 Å². The minimum absolute atomic E-state index is 0.0123. The van der Waals surface area contributed by atoms with Crippen LogP contribution >= 0.6 is 0 Å². The zero-order valence-electron chi connectivity index (χ0n) is 40.2. The van der Waals surface area contributed by atoms with Gasteiger partial charge in [0, 0.05) is 48.9 Å². The van der Waals surface area contributed by atoms with Crippen molar-refractivity contribution in [3.63, 3.8) is 0 Å². The highest BCUT2D eigenvalue weighted by atomic mass is 16.7. The van der Waals surface area contributed by atoms with Gasteiger partial charge in [0.15, 0.2) is 24.3 Å². The molecular formula is C49H66N2O17. The fraction of sp³-hybridized carbons (Fsp3) is 0.694. The number of carbonyl (C=O) groups is 5. The third-order valence-electron chi connectivity index (χ3n) is 15.9. The monoisotopic (exact) mass is 954 g/mol. The summed E-state index contributed by atoms with van der Waals surface area (Å²) in [6.45, 7) is 15.4. The summed E-state index contributed by atoms with van der Waals surface area (Å²) in [6.07, 6.45) is -0.261. The highest BCUT2D eigenvalue weighted by molar-refractivity contribution is 6.26. The molecule has 374 valence electrons. The van der Waals surface area contributed by atoms with Crippen LogP contribution in [0, 0.1) is 51.0 Å². The first-order valence-corrected chi connectivity index (χ1v) is 23.5. The van der Waals surface area contributed by atoms with Gasteiger partial charge in [-0.1, -0.05) is 50.6 Å². The molecule has 0 aromatic rings. The molecule has 1 saturated carbocycles. The van der Waals surface area contributed by atoms with E-state index < -0.39 is 148 Å². The maximum absolute atomic E-state index is 15.2. The van der Waals surface area contributed by atoms with E-state index in [9.17, 15) is 44.6 Å². The minimum atomic E-state index is -2.16. The molecule has 19 atom stereocenters. The molecule has 3 aliphatic heterocycles. The average Bonchev–Trinajstić information content (AvgIpc) is 3.50. The Labute approximate surface area is 395 Å². The summed E-state index contributed by atoms with van der Waals surface area (Å²) < 4.78 is 42.0. The first-order valence-electron chi connectivity index (χ1n) is 23.5.